The Morgan fingerprint density at radius 1 is 0.885 bits per heavy atom. The molecule has 6 heteroatoms. The van der Waals surface area contributed by atoms with E-state index < -0.39 is 18.0 Å². The fourth-order valence-electron chi connectivity index (χ4n) is 4.36. The van der Waals surface area contributed by atoms with Gasteiger partial charge in [-0.2, -0.15) is 0 Å². The van der Waals surface area contributed by atoms with E-state index in [1.54, 1.807) is 0 Å². The van der Waals surface area contributed by atoms with Crippen molar-refractivity contribution in [1.29, 1.82) is 0 Å². The topological polar surface area (TPSA) is 98.7 Å². The average Bonchev–Trinajstić information content (AvgIpc) is 2.67. The number of fused-ring (bicyclic) bond motifs is 2. The van der Waals surface area contributed by atoms with Gasteiger partial charge in [0.1, 0.15) is 12.1 Å². The van der Waals surface area contributed by atoms with Crippen molar-refractivity contribution in [3.05, 3.63) is 35.4 Å². The molecule has 3 aliphatic rings. The van der Waals surface area contributed by atoms with E-state index in [-0.39, 0.29) is 6.04 Å². The Morgan fingerprint density at radius 2 is 1.54 bits per heavy atom. The molecule has 1 aromatic carbocycles. The molecule has 1 saturated carbocycles. The molecule has 0 aromatic heterocycles. The van der Waals surface area contributed by atoms with Crippen LogP contribution in [-0.4, -0.2) is 40.8 Å². The predicted molar refractivity (Wildman–Crippen MR) is 97.9 cm³/mol. The van der Waals surface area contributed by atoms with Gasteiger partial charge in [-0.25, -0.2) is 0 Å². The molecule has 2 fully saturated rings. The second-order valence-electron chi connectivity index (χ2n) is 7.58. The summed E-state index contributed by atoms with van der Waals surface area (Å²) in [5.74, 6) is -0.0148. The number of aliphatic carboxylic acids is 2. The van der Waals surface area contributed by atoms with Gasteiger partial charge in [-0.15, -0.1) is 0 Å². The van der Waals surface area contributed by atoms with Gasteiger partial charge in [0.05, 0.1) is 0 Å². The summed E-state index contributed by atoms with van der Waals surface area (Å²) in [6.45, 7) is 1.58. The maximum Gasteiger partial charge on any atom is 0.321 e. The van der Waals surface area contributed by atoms with Gasteiger partial charge >= 0.3 is 11.9 Å². The van der Waals surface area contributed by atoms with Crippen molar-refractivity contribution in [3.63, 3.8) is 0 Å². The van der Waals surface area contributed by atoms with Crippen LogP contribution in [0.5, 0.6) is 0 Å². The Hall–Kier alpha value is -1.92. The lowest BCUT2D eigenvalue weighted by atomic mass is 9.74. The highest BCUT2D eigenvalue weighted by Gasteiger charge is 2.34. The summed E-state index contributed by atoms with van der Waals surface area (Å²) in [7, 11) is 0. The SMILES string of the molecule is O=C(O)C1CC2CCCCC2CN1.O=C(O)C1Cc2ccccc2CN1. The molecule has 4 N–H and O–H groups in total. The van der Waals surface area contributed by atoms with E-state index in [0.717, 1.165) is 24.4 Å². The zero-order valence-electron chi connectivity index (χ0n) is 15.0. The van der Waals surface area contributed by atoms with Gasteiger partial charge in [0, 0.05) is 6.54 Å². The highest BCUT2D eigenvalue weighted by molar-refractivity contribution is 5.74. The van der Waals surface area contributed by atoms with E-state index in [1.807, 2.05) is 24.3 Å². The molecule has 0 spiro atoms. The Kier molecular flexibility index (Phi) is 6.27. The second kappa shape index (κ2) is 8.64. The van der Waals surface area contributed by atoms with Gasteiger partial charge in [-0.1, -0.05) is 43.5 Å². The zero-order chi connectivity index (χ0) is 18.5. The third-order valence-electron chi connectivity index (χ3n) is 5.91. The van der Waals surface area contributed by atoms with Gasteiger partial charge in [0.15, 0.2) is 0 Å². The van der Waals surface area contributed by atoms with Crippen LogP contribution >= 0.6 is 0 Å². The maximum atomic E-state index is 10.8. The van der Waals surface area contributed by atoms with Crippen LogP contribution in [0.15, 0.2) is 24.3 Å². The number of hydrogen-bond acceptors (Lipinski definition) is 4. The standard InChI is InChI=1S/C10H17NO2.C10H11NO2/c2*12-10(13)9-5-7-3-1-2-4-8(7)6-11-9/h7-9,11H,1-6H2,(H,12,13);1-4,9,11H,5-6H2,(H,12,13). The fourth-order valence-corrected chi connectivity index (χ4v) is 4.36. The highest BCUT2D eigenvalue weighted by atomic mass is 16.4. The summed E-state index contributed by atoms with van der Waals surface area (Å²) in [5.41, 5.74) is 2.36. The van der Waals surface area contributed by atoms with E-state index >= 15 is 0 Å². The van der Waals surface area contributed by atoms with E-state index in [4.69, 9.17) is 10.2 Å². The van der Waals surface area contributed by atoms with Crippen LogP contribution in [-0.2, 0) is 22.6 Å². The monoisotopic (exact) mass is 360 g/mol. The zero-order valence-corrected chi connectivity index (χ0v) is 15.0. The van der Waals surface area contributed by atoms with Crippen molar-refractivity contribution in [2.75, 3.05) is 6.54 Å². The van der Waals surface area contributed by atoms with Crippen LogP contribution in [0, 0.1) is 11.8 Å². The Bertz CT molecular complexity index is 648. The van der Waals surface area contributed by atoms with E-state index in [0.29, 0.717) is 18.9 Å². The minimum absolute atomic E-state index is 0.278. The summed E-state index contributed by atoms with van der Waals surface area (Å²) in [5, 5.41) is 23.8. The number of benzene rings is 1. The van der Waals surface area contributed by atoms with E-state index in [1.165, 1.54) is 31.2 Å². The van der Waals surface area contributed by atoms with Gasteiger partial charge < -0.3 is 20.8 Å². The molecule has 2 heterocycles. The van der Waals surface area contributed by atoms with E-state index in [2.05, 4.69) is 10.6 Å². The number of hydrogen-bond donors (Lipinski definition) is 4. The highest BCUT2D eigenvalue weighted by Crippen LogP contribution is 2.35. The Labute approximate surface area is 154 Å². The number of carboxylic acids is 2. The number of rotatable bonds is 2. The maximum absolute atomic E-state index is 10.8. The van der Waals surface area contributed by atoms with E-state index in [9.17, 15) is 9.59 Å². The summed E-state index contributed by atoms with van der Waals surface area (Å²) in [4.78, 5) is 21.5. The summed E-state index contributed by atoms with van der Waals surface area (Å²) in [6.07, 6.45) is 6.61. The molecule has 2 aliphatic heterocycles. The van der Waals surface area contributed by atoms with Crippen molar-refractivity contribution in [2.45, 2.75) is 57.2 Å². The lowest BCUT2D eigenvalue weighted by Crippen LogP contribution is -2.48. The molecule has 4 unspecified atom stereocenters. The number of carbonyl (C=O) groups is 2. The molecular weight excluding hydrogens is 332 g/mol. The number of carboxylic acid groups (broad SMARTS) is 2. The normalized spacial score (nSPS) is 30.2. The van der Waals surface area contributed by atoms with Gasteiger partial charge in [-0.05, 0) is 48.8 Å². The predicted octanol–water partition coefficient (Wildman–Crippen LogP) is 2.02. The number of nitrogens with one attached hydrogen (secondary N) is 2. The molecule has 6 nitrogen and oxygen atoms in total. The van der Waals surface area contributed by atoms with Crippen LogP contribution in [0.25, 0.3) is 0 Å². The molecule has 0 amide bonds. The van der Waals surface area contributed by atoms with Crippen molar-refractivity contribution >= 4 is 11.9 Å². The Morgan fingerprint density at radius 3 is 2.23 bits per heavy atom. The van der Waals surface area contributed by atoms with Crippen LogP contribution in [0.4, 0.5) is 0 Å². The Balaban J connectivity index is 0.000000151. The quantitative estimate of drug-likeness (QED) is 0.644. The molecule has 0 radical (unpaired) electrons. The molecule has 1 saturated heterocycles. The molecule has 1 aromatic rings. The summed E-state index contributed by atoms with van der Waals surface area (Å²) >= 11 is 0. The number of piperidine rings is 1. The lowest BCUT2D eigenvalue weighted by Gasteiger charge is -2.38. The van der Waals surface area contributed by atoms with Crippen LogP contribution in [0.2, 0.25) is 0 Å². The summed E-state index contributed by atoms with van der Waals surface area (Å²) in [6, 6.07) is 7.24. The minimum Gasteiger partial charge on any atom is -0.480 e. The average molecular weight is 360 g/mol. The van der Waals surface area contributed by atoms with Crippen LogP contribution in [0.3, 0.4) is 0 Å². The summed E-state index contributed by atoms with van der Waals surface area (Å²) < 4.78 is 0. The van der Waals surface area contributed by atoms with Gasteiger partial charge in [0.25, 0.3) is 0 Å². The third-order valence-corrected chi connectivity index (χ3v) is 5.91. The van der Waals surface area contributed by atoms with Gasteiger partial charge in [0.2, 0.25) is 0 Å². The van der Waals surface area contributed by atoms with Crippen molar-refractivity contribution in [1.82, 2.24) is 10.6 Å². The molecule has 4 rings (SSSR count). The van der Waals surface area contributed by atoms with Crippen molar-refractivity contribution < 1.29 is 19.8 Å². The second-order valence-corrected chi connectivity index (χ2v) is 7.58. The van der Waals surface area contributed by atoms with Gasteiger partial charge in [-0.3, -0.25) is 9.59 Å². The first-order chi connectivity index (χ1) is 12.5. The van der Waals surface area contributed by atoms with Crippen molar-refractivity contribution in [2.24, 2.45) is 11.8 Å². The first-order valence-electron chi connectivity index (χ1n) is 9.53. The largest absolute Gasteiger partial charge is 0.480 e. The molecule has 0 bridgehead atoms. The molecule has 4 atom stereocenters. The van der Waals surface area contributed by atoms with Crippen LogP contribution in [0.1, 0.15) is 43.2 Å². The van der Waals surface area contributed by atoms with Crippen molar-refractivity contribution in [3.8, 4) is 0 Å². The molecule has 26 heavy (non-hydrogen) atoms. The smallest absolute Gasteiger partial charge is 0.321 e. The van der Waals surface area contributed by atoms with Crippen LogP contribution < -0.4 is 10.6 Å². The molecular formula is C20H28N2O4. The fraction of sp³-hybridized carbons (Fsp3) is 0.600. The molecule has 1 aliphatic carbocycles. The third kappa shape index (κ3) is 4.62. The first kappa shape index (κ1) is 18.9. The minimum atomic E-state index is -0.769. The first-order valence-corrected chi connectivity index (χ1v) is 9.53. The lowest BCUT2D eigenvalue weighted by molar-refractivity contribution is -0.141. The molecule has 142 valence electrons.